The number of anilines is 2. The topological polar surface area (TPSA) is 111 Å². The molecule has 150 valence electrons. The summed E-state index contributed by atoms with van der Waals surface area (Å²) in [5.41, 5.74) is 7.39. The molecule has 2 aromatic heterocycles. The van der Waals surface area contributed by atoms with E-state index in [2.05, 4.69) is 15.7 Å². The summed E-state index contributed by atoms with van der Waals surface area (Å²) in [4.78, 5) is 24.8. The molecule has 3 rings (SSSR count). The van der Waals surface area contributed by atoms with Crippen LogP contribution >= 0.6 is 23.6 Å². The number of hydrogen-bond acceptors (Lipinski definition) is 6. The summed E-state index contributed by atoms with van der Waals surface area (Å²) in [5, 5.41) is 10.8. The highest BCUT2D eigenvalue weighted by Gasteiger charge is 2.20. The van der Waals surface area contributed by atoms with Crippen LogP contribution in [0.3, 0.4) is 0 Å². The minimum absolute atomic E-state index is 0.190. The molecule has 4 N–H and O–H groups in total. The van der Waals surface area contributed by atoms with Gasteiger partial charge in [-0.15, -0.1) is 11.3 Å². The quantitative estimate of drug-likeness (QED) is 0.407. The first-order valence-electron chi connectivity index (χ1n) is 8.65. The number of carbonyl (C=O) groups excluding carboxylic acids is 2. The molecule has 0 aliphatic heterocycles. The monoisotopic (exact) mass is 429 g/mol. The van der Waals surface area contributed by atoms with Crippen molar-refractivity contribution in [1.29, 1.82) is 0 Å². The predicted molar refractivity (Wildman–Crippen MR) is 117 cm³/mol. The lowest BCUT2D eigenvalue weighted by atomic mass is 10.1. The minimum Gasteiger partial charge on any atom is -0.465 e. The number of amides is 1. The van der Waals surface area contributed by atoms with Crippen molar-refractivity contribution in [3.05, 3.63) is 53.9 Å². The maximum absolute atomic E-state index is 12.2. The normalized spacial score (nSPS) is 10.4. The first kappa shape index (κ1) is 20.5. The van der Waals surface area contributed by atoms with E-state index in [0.29, 0.717) is 22.8 Å². The van der Waals surface area contributed by atoms with Gasteiger partial charge in [0.25, 0.3) is 5.91 Å². The second-order valence-corrected chi connectivity index (χ2v) is 7.34. The van der Waals surface area contributed by atoms with Crippen LogP contribution in [-0.2, 0) is 11.3 Å². The maximum atomic E-state index is 12.2. The van der Waals surface area contributed by atoms with Crippen LogP contribution in [-0.4, -0.2) is 33.9 Å². The Morgan fingerprint density at radius 3 is 2.62 bits per heavy atom. The molecule has 29 heavy (non-hydrogen) atoms. The SMILES string of the molecule is CCn1ncc(NC(=S)Nc2sc(-c3ccccc3)cc2C(=O)OC)c1C(N)=O. The van der Waals surface area contributed by atoms with E-state index in [4.69, 9.17) is 22.7 Å². The molecule has 1 amide bonds. The standard InChI is InChI=1S/C19H19N5O3S2/c1-3-24-15(16(20)25)13(10-21-24)22-19(28)23-17-12(18(26)27-2)9-14(29-17)11-7-5-4-6-8-11/h4-10H,3H2,1-2H3,(H2,20,25)(H2,22,23,28). The molecule has 0 fully saturated rings. The molecule has 1 aromatic carbocycles. The molecule has 0 aliphatic carbocycles. The lowest BCUT2D eigenvalue weighted by Crippen LogP contribution is -2.23. The van der Waals surface area contributed by atoms with Crippen molar-refractivity contribution in [3.8, 4) is 10.4 Å². The van der Waals surface area contributed by atoms with Crippen molar-refractivity contribution in [2.75, 3.05) is 17.7 Å². The number of carbonyl (C=O) groups is 2. The third-order valence-corrected chi connectivity index (χ3v) is 5.35. The zero-order valence-corrected chi connectivity index (χ0v) is 17.4. The fourth-order valence-electron chi connectivity index (χ4n) is 2.72. The van der Waals surface area contributed by atoms with Gasteiger partial charge in [-0.2, -0.15) is 5.10 Å². The number of aromatic nitrogens is 2. The van der Waals surface area contributed by atoms with E-state index >= 15 is 0 Å². The van der Waals surface area contributed by atoms with Crippen LogP contribution < -0.4 is 16.4 Å². The number of thiophene rings is 1. The number of ether oxygens (including phenoxy) is 1. The van der Waals surface area contributed by atoms with Crippen LogP contribution in [0.15, 0.2) is 42.6 Å². The molecule has 0 aliphatic rings. The Bertz CT molecular complexity index is 1060. The van der Waals surface area contributed by atoms with E-state index in [1.807, 2.05) is 37.3 Å². The molecular formula is C19H19N5O3S2. The van der Waals surface area contributed by atoms with Gasteiger partial charge in [-0.25, -0.2) is 4.79 Å². The Kier molecular flexibility index (Phi) is 6.25. The van der Waals surface area contributed by atoms with Gasteiger partial charge in [0.05, 0.1) is 24.6 Å². The molecule has 0 spiro atoms. The molecule has 8 nitrogen and oxygen atoms in total. The number of methoxy groups -OCH3 is 1. The van der Waals surface area contributed by atoms with Crippen molar-refractivity contribution in [2.45, 2.75) is 13.5 Å². The summed E-state index contributed by atoms with van der Waals surface area (Å²) in [6, 6.07) is 11.4. The Morgan fingerprint density at radius 2 is 2.00 bits per heavy atom. The molecule has 0 saturated heterocycles. The van der Waals surface area contributed by atoms with Gasteiger partial charge in [-0.05, 0) is 30.8 Å². The van der Waals surface area contributed by atoms with E-state index in [-0.39, 0.29) is 10.8 Å². The molecule has 0 bridgehead atoms. The van der Waals surface area contributed by atoms with Crippen molar-refractivity contribution in [1.82, 2.24) is 9.78 Å². The molecule has 10 heteroatoms. The van der Waals surface area contributed by atoms with Crippen molar-refractivity contribution >= 4 is 51.2 Å². The molecule has 0 saturated carbocycles. The lowest BCUT2D eigenvalue weighted by molar-refractivity contribution is 0.0602. The molecule has 0 atom stereocenters. The predicted octanol–water partition coefficient (Wildman–Crippen LogP) is 3.33. The second kappa shape index (κ2) is 8.84. The number of rotatable bonds is 6. The van der Waals surface area contributed by atoms with Crippen molar-refractivity contribution < 1.29 is 14.3 Å². The van der Waals surface area contributed by atoms with Gasteiger partial charge in [-0.1, -0.05) is 30.3 Å². The van der Waals surface area contributed by atoms with E-state index < -0.39 is 11.9 Å². The van der Waals surface area contributed by atoms with Gasteiger partial charge in [0.2, 0.25) is 0 Å². The molecule has 0 radical (unpaired) electrons. The number of primary amides is 1. The van der Waals surface area contributed by atoms with Crippen LogP contribution in [0.1, 0.15) is 27.8 Å². The van der Waals surface area contributed by atoms with E-state index in [1.165, 1.54) is 29.3 Å². The Morgan fingerprint density at radius 1 is 1.28 bits per heavy atom. The number of benzene rings is 1. The van der Waals surface area contributed by atoms with Crippen LogP contribution in [0.2, 0.25) is 0 Å². The average molecular weight is 430 g/mol. The lowest BCUT2D eigenvalue weighted by Gasteiger charge is -2.10. The summed E-state index contributed by atoms with van der Waals surface area (Å²) < 4.78 is 6.36. The molecule has 3 aromatic rings. The summed E-state index contributed by atoms with van der Waals surface area (Å²) in [6.45, 7) is 2.33. The zero-order chi connectivity index (χ0) is 21.0. The number of aryl methyl sites for hydroxylation is 1. The highest BCUT2D eigenvalue weighted by molar-refractivity contribution is 7.80. The Balaban J connectivity index is 1.87. The highest BCUT2D eigenvalue weighted by Crippen LogP contribution is 2.36. The largest absolute Gasteiger partial charge is 0.465 e. The fourth-order valence-corrected chi connectivity index (χ4v) is 4.06. The van der Waals surface area contributed by atoms with E-state index in [9.17, 15) is 9.59 Å². The van der Waals surface area contributed by atoms with Gasteiger partial charge >= 0.3 is 5.97 Å². The van der Waals surface area contributed by atoms with Gasteiger partial charge in [0, 0.05) is 11.4 Å². The number of esters is 1. The molecule has 0 unspecified atom stereocenters. The summed E-state index contributed by atoms with van der Waals surface area (Å²) in [7, 11) is 1.32. The van der Waals surface area contributed by atoms with E-state index in [1.54, 1.807) is 6.07 Å². The van der Waals surface area contributed by atoms with Crippen LogP contribution in [0.25, 0.3) is 10.4 Å². The summed E-state index contributed by atoms with van der Waals surface area (Å²) in [5.74, 6) is -1.10. The highest BCUT2D eigenvalue weighted by atomic mass is 32.1. The van der Waals surface area contributed by atoms with Crippen LogP contribution in [0, 0.1) is 0 Å². The van der Waals surface area contributed by atoms with Gasteiger partial charge in [-0.3, -0.25) is 9.48 Å². The minimum atomic E-state index is -0.618. The smallest absolute Gasteiger partial charge is 0.340 e. The van der Waals surface area contributed by atoms with Crippen molar-refractivity contribution in [2.24, 2.45) is 5.73 Å². The van der Waals surface area contributed by atoms with Gasteiger partial charge in [0.15, 0.2) is 5.11 Å². The molecule has 2 heterocycles. The molecular weight excluding hydrogens is 410 g/mol. The summed E-state index contributed by atoms with van der Waals surface area (Å²) in [6.07, 6.45) is 1.47. The first-order valence-corrected chi connectivity index (χ1v) is 9.88. The fraction of sp³-hybridized carbons (Fsp3) is 0.158. The van der Waals surface area contributed by atoms with Crippen LogP contribution in [0.4, 0.5) is 10.7 Å². The number of nitrogens with one attached hydrogen (secondary N) is 2. The Labute approximate surface area is 176 Å². The third kappa shape index (κ3) is 4.44. The van der Waals surface area contributed by atoms with Crippen LogP contribution in [0.5, 0.6) is 0 Å². The first-order chi connectivity index (χ1) is 13.9. The third-order valence-electron chi connectivity index (χ3n) is 4.04. The number of thiocarbonyl (C=S) groups is 1. The zero-order valence-electron chi connectivity index (χ0n) is 15.8. The Hall–Kier alpha value is -3.24. The van der Waals surface area contributed by atoms with E-state index in [0.717, 1.165) is 10.4 Å². The maximum Gasteiger partial charge on any atom is 0.340 e. The second-order valence-electron chi connectivity index (χ2n) is 5.88. The van der Waals surface area contributed by atoms with Gasteiger partial charge < -0.3 is 21.1 Å². The number of hydrogen-bond donors (Lipinski definition) is 3. The number of nitrogens with two attached hydrogens (primary N) is 1. The number of nitrogens with zero attached hydrogens (tertiary/aromatic N) is 2. The van der Waals surface area contributed by atoms with Gasteiger partial charge in [0.1, 0.15) is 10.7 Å². The van der Waals surface area contributed by atoms with Crippen molar-refractivity contribution in [3.63, 3.8) is 0 Å². The summed E-state index contributed by atoms with van der Waals surface area (Å²) >= 11 is 6.72. The average Bonchev–Trinajstić information content (AvgIpc) is 3.32.